The molecule has 0 aromatic heterocycles. The number of carbonyl (C=O) groups excluding carboxylic acids is 2. The lowest BCUT2D eigenvalue weighted by atomic mass is 9.86. The van der Waals surface area contributed by atoms with Gasteiger partial charge in [-0.15, -0.1) is 0 Å². The molecule has 1 aromatic rings. The Balaban J connectivity index is 1.63. The normalized spacial score (nSPS) is 24.6. The maximum Gasteiger partial charge on any atom is 0.317 e. The van der Waals surface area contributed by atoms with Gasteiger partial charge in [-0.3, -0.25) is 9.69 Å². The van der Waals surface area contributed by atoms with E-state index in [1.54, 1.807) is 0 Å². The first-order valence-electron chi connectivity index (χ1n) is 9.60. The third kappa shape index (κ3) is 4.01. The number of likely N-dealkylation sites (tertiary alicyclic amines) is 1. The number of rotatable bonds is 3. The monoisotopic (exact) mass is 358 g/mol. The van der Waals surface area contributed by atoms with Crippen LogP contribution in [0, 0.1) is 0 Å². The second-order valence-corrected chi connectivity index (χ2v) is 7.44. The van der Waals surface area contributed by atoms with Gasteiger partial charge in [0.25, 0.3) is 0 Å². The summed E-state index contributed by atoms with van der Waals surface area (Å²) in [6.07, 6.45) is 2.31. The quantitative estimate of drug-likeness (QED) is 0.898. The zero-order valence-corrected chi connectivity index (χ0v) is 15.9. The van der Waals surface area contributed by atoms with Crippen molar-refractivity contribution in [3.8, 4) is 0 Å². The van der Waals surface area contributed by atoms with E-state index in [1.807, 2.05) is 47.1 Å². The van der Waals surface area contributed by atoms with Gasteiger partial charge in [-0.1, -0.05) is 30.3 Å². The second kappa shape index (κ2) is 8.08. The Morgan fingerprint density at radius 1 is 1.15 bits per heavy atom. The summed E-state index contributed by atoms with van der Waals surface area (Å²) in [6, 6.07) is 9.96. The Kier molecular flexibility index (Phi) is 5.81. The highest BCUT2D eigenvalue weighted by molar-refractivity contribution is 5.77. The summed E-state index contributed by atoms with van der Waals surface area (Å²) in [6.45, 7) is 6.38. The summed E-state index contributed by atoms with van der Waals surface area (Å²) < 4.78 is 0. The summed E-state index contributed by atoms with van der Waals surface area (Å²) in [7, 11) is 2.13. The molecule has 2 aliphatic heterocycles. The minimum absolute atomic E-state index is 0.00995. The van der Waals surface area contributed by atoms with E-state index in [9.17, 15) is 9.59 Å². The number of likely N-dealkylation sites (N-methyl/N-ethyl adjacent to an activating group) is 1. The molecule has 3 rings (SSSR count). The molecule has 2 heterocycles. The number of benzene rings is 1. The van der Waals surface area contributed by atoms with Crippen LogP contribution in [-0.2, 0) is 11.3 Å². The average Bonchev–Trinajstić information content (AvgIpc) is 2.82. The molecule has 6 heteroatoms. The Hall–Kier alpha value is -2.08. The number of urea groups is 1. The van der Waals surface area contributed by atoms with Gasteiger partial charge in [0.2, 0.25) is 5.91 Å². The van der Waals surface area contributed by atoms with Crippen molar-refractivity contribution in [2.45, 2.75) is 38.3 Å². The molecule has 142 valence electrons. The number of nitrogens with zero attached hydrogens (tertiary/aromatic N) is 3. The van der Waals surface area contributed by atoms with Crippen LogP contribution in [0.2, 0.25) is 0 Å². The van der Waals surface area contributed by atoms with E-state index < -0.39 is 0 Å². The van der Waals surface area contributed by atoms with Crippen LogP contribution in [0.3, 0.4) is 0 Å². The lowest BCUT2D eigenvalue weighted by molar-refractivity contribution is -0.130. The largest absolute Gasteiger partial charge is 0.343 e. The van der Waals surface area contributed by atoms with E-state index in [1.165, 1.54) is 0 Å². The number of piperazine rings is 1. The number of hydrogen-bond acceptors (Lipinski definition) is 3. The molecular formula is C20H30N4O2. The van der Waals surface area contributed by atoms with Crippen LogP contribution in [0.1, 0.15) is 31.7 Å². The molecule has 2 fully saturated rings. The van der Waals surface area contributed by atoms with Crippen molar-refractivity contribution in [2.24, 2.45) is 0 Å². The fourth-order valence-corrected chi connectivity index (χ4v) is 4.09. The predicted octanol–water partition coefficient (Wildman–Crippen LogP) is 1.91. The molecular weight excluding hydrogens is 328 g/mol. The van der Waals surface area contributed by atoms with E-state index in [4.69, 9.17) is 0 Å². The summed E-state index contributed by atoms with van der Waals surface area (Å²) in [4.78, 5) is 31.2. The molecule has 2 aliphatic rings. The van der Waals surface area contributed by atoms with Gasteiger partial charge in [0.05, 0.1) is 0 Å². The average molecular weight is 358 g/mol. The fraction of sp³-hybridized carbons (Fsp3) is 0.600. The maximum atomic E-state index is 12.7. The molecule has 2 saturated heterocycles. The Morgan fingerprint density at radius 2 is 1.92 bits per heavy atom. The molecule has 1 atom stereocenters. The van der Waals surface area contributed by atoms with Crippen molar-refractivity contribution in [3.63, 3.8) is 0 Å². The maximum absolute atomic E-state index is 12.7. The van der Waals surface area contributed by atoms with Crippen LogP contribution in [-0.4, -0.2) is 71.9 Å². The molecule has 0 bridgehead atoms. The zero-order valence-electron chi connectivity index (χ0n) is 15.9. The van der Waals surface area contributed by atoms with E-state index in [0.29, 0.717) is 19.5 Å². The molecule has 6 nitrogen and oxygen atoms in total. The first-order valence-corrected chi connectivity index (χ1v) is 9.60. The molecule has 26 heavy (non-hydrogen) atoms. The third-order valence-electron chi connectivity index (χ3n) is 5.96. The van der Waals surface area contributed by atoms with E-state index in [-0.39, 0.29) is 17.5 Å². The summed E-state index contributed by atoms with van der Waals surface area (Å²) in [5.74, 6) is 0.239. The topological polar surface area (TPSA) is 55.9 Å². The van der Waals surface area contributed by atoms with Gasteiger partial charge < -0.3 is 15.1 Å². The van der Waals surface area contributed by atoms with E-state index >= 15 is 0 Å². The van der Waals surface area contributed by atoms with Crippen molar-refractivity contribution in [2.75, 3.05) is 39.8 Å². The molecule has 3 amide bonds. The van der Waals surface area contributed by atoms with Crippen LogP contribution in [0.25, 0.3) is 0 Å². The van der Waals surface area contributed by atoms with E-state index in [2.05, 4.69) is 17.3 Å². The van der Waals surface area contributed by atoms with Gasteiger partial charge >= 0.3 is 6.03 Å². The standard InChI is InChI=1S/C20H30N4O2/c1-3-23-12-11-20(10-9-18(23)25)16-24(14-13-22(20)2)19(26)21-15-17-7-5-4-6-8-17/h4-8H,3,9-16H2,1-2H3,(H,21,26)/t20-/m1/s1. The van der Waals surface area contributed by atoms with Crippen LogP contribution in [0.15, 0.2) is 30.3 Å². The predicted molar refractivity (Wildman–Crippen MR) is 102 cm³/mol. The highest BCUT2D eigenvalue weighted by atomic mass is 16.2. The lowest BCUT2D eigenvalue weighted by Crippen LogP contribution is -2.63. The Morgan fingerprint density at radius 3 is 2.65 bits per heavy atom. The molecule has 0 aliphatic carbocycles. The van der Waals surface area contributed by atoms with Crippen LogP contribution in [0.5, 0.6) is 0 Å². The molecule has 0 saturated carbocycles. The molecule has 1 N–H and O–H groups in total. The highest BCUT2D eigenvalue weighted by Crippen LogP contribution is 2.32. The van der Waals surface area contributed by atoms with Crippen molar-refractivity contribution in [1.82, 2.24) is 20.0 Å². The van der Waals surface area contributed by atoms with Crippen molar-refractivity contribution in [3.05, 3.63) is 35.9 Å². The Labute approximate surface area is 156 Å². The third-order valence-corrected chi connectivity index (χ3v) is 5.96. The minimum Gasteiger partial charge on any atom is -0.343 e. The lowest BCUT2D eigenvalue weighted by Gasteiger charge is -2.49. The van der Waals surface area contributed by atoms with Gasteiger partial charge in [-0.2, -0.15) is 0 Å². The van der Waals surface area contributed by atoms with Gasteiger partial charge in [0, 0.05) is 51.2 Å². The van der Waals surface area contributed by atoms with Crippen molar-refractivity contribution in [1.29, 1.82) is 0 Å². The minimum atomic E-state index is -0.0953. The highest BCUT2D eigenvalue weighted by Gasteiger charge is 2.43. The number of carbonyl (C=O) groups is 2. The number of amides is 3. The molecule has 0 unspecified atom stereocenters. The van der Waals surface area contributed by atoms with Crippen molar-refractivity contribution >= 4 is 11.9 Å². The van der Waals surface area contributed by atoms with E-state index in [0.717, 1.165) is 44.6 Å². The Bertz CT molecular complexity index is 636. The van der Waals surface area contributed by atoms with Gasteiger partial charge in [0.1, 0.15) is 0 Å². The first kappa shape index (κ1) is 18.7. The zero-order chi connectivity index (χ0) is 18.6. The molecule has 0 radical (unpaired) electrons. The van der Waals surface area contributed by atoms with Crippen LogP contribution in [0.4, 0.5) is 4.79 Å². The first-order chi connectivity index (χ1) is 12.5. The van der Waals surface area contributed by atoms with Crippen LogP contribution >= 0.6 is 0 Å². The smallest absolute Gasteiger partial charge is 0.317 e. The molecule has 1 spiro atoms. The number of hydrogen-bond donors (Lipinski definition) is 1. The van der Waals surface area contributed by atoms with Gasteiger partial charge in [-0.05, 0) is 32.4 Å². The molecule has 1 aromatic carbocycles. The number of nitrogens with one attached hydrogen (secondary N) is 1. The second-order valence-electron chi connectivity index (χ2n) is 7.44. The summed E-state index contributed by atoms with van der Waals surface area (Å²) in [5.41, 5.74) is 1.00. The van der Waals surface area contributed by atoms with Gasteiger partial charge in [0.15, 0.2) is 0 Å². The van der Waals surface area contributed by atoms with Crippen molar-refractivity contribution < 1.29 is 9.59 Å². The summed E-state index contributed by atoms with van der Waals surface area (Å²) >= 11 is 0. The van der Waals surface area contributed by atoms with Gasteiger partial charge in [-0.25, -0.2) is 4.79 Å². The fourth-order valence-electron chi connectivity index (χ4n) is 4.09. The van der Waals surface area contributed by atoms with Crippen LogP contribution < -0.4 is 5.32 Å². The summed E-state index contributed by atoms with van der Waals surface area (Å²) in [5, 5.41) is 3.04. The SMILES string of the molecule is CCN1CC[C@]2(CCC1=O)CN(C(=O)NCc1ccccc1)CCN2C.